The molecule has 4 N–H and O–H groups in total. The second kappa shape index (κ2) is 9.71. The van der Waals surface area contributed by atoms with Crippen molar-refractivity contribution in [3.63, 3.8) is 0 Å². The number of nitrogens with two attached hydrogens (primary N) is 1. The lowest BCUT2D eigenvalue weighted by atomic mass is 10.1. The van der Waals surface area contributed by atoms with Crippen LogP contribution < -0.4 is 15.5 Å². The van der Waals surface area contributed by atoms with Crippen LogP contribution in [-0.4, -0.2) is 62.2 Å². The van der Waals surface area contributed by atoms with Crippen molar-refractivity contribution in [2.45, 2.75) is 32.4 Å². The molecule has 0 unspecified atom stereocenters. The zero-order chi connectivity index (χ0) is 23.4. The van der Waals surface area contributed by atoms with E-state index < -0.39 is 6.10 Å². The summed E-state index contributed by atoms with van der Waals surface area (Å²) in [5.74, 6) is 7.18. The number of aliphatic hydroxyl groups excluding tert-OH is 1. The van der Waals surface area contributed by atoms with Crippen LogP contribution in [0.25, 0.3) is 11.3 Å². The molecule has 2 atom stereocenters. The van der Waals surface area contributed by atoms with Crippen molar-refractivity contribution >= 4 is 17.3 Å². The normalized spacial score (nSPS) is 17.1. The summed E-state index contributed by atoms with van der Waals surface area (Å²) in [6, 6.07) is 11.0. The summed E-state index contributed by atoms with van der Waals surface area (Å²) < 4.78 is 0. The summed E-state index contributed by atoms with van der Waals surface area (Å²) in [7, 11) is 0. The van der Waals surface area contributed by atoms with Crippen LogP contribution in [0.1, 0.15) is 26.1 Å². The lowest BCUT2D eigenvalue weighted by Gasteiger charge is -2.28. The van der Waals surface area contributed by atoms with E-state index in [9.17, 15) is 10.2 Å². The molecule has 1 aliphatic rings. The van der Waals surface area contributed by atoms with E-state index in [1.54, 1.807) is 31.3 Å². The third-order valence-corrected chi connectivity index (χ3v) is 5.61. The Balaban J connectivity index is 1.57. The van der Waals surface area contributed by atoms with Crippen LogP contribution in [0.3, 0.4) is 0 Å². The van der Waals surface area contributed by atoms with E-state index in [4.69, 9.17) is 5.73 Å². The number of phenolic OH excluding ortho intramolecular Hbond substituents is 1. The topological polar surface area (TPSA) is 125 Å². The summed E-state index contributed by atoms with van der Waals surface area (Å²) in [4.78, 5) is 13.2. The van der Waals surface area contributed by atoms with E-state index in [0.717, 1.165) is 31.0 Å². The molecule has 3 aromatic rings. The molecule has 9 heteroatoms. The number of rotatable bonds is 3. The Kier molecular flexibility index (Phi) is 6.56. The number of aromatic nitrogens is 4. The fourth-order valence-corrected chi connectivity index (χ4v) is 3.85. The molecule has 1 aromatic carbocycles. The van der Waals surface area contributed by atoms with Gasteiger partial charge in [-0.2, -0.15) is 0 Å². The predicted molar refractivity (Wildman–Crippen MR) is 128 cm³/mol. The van der Waals surface area contributed by atoms with Gasteiger partial charge in [-0.15, -0.1) is 10.2 Å². The van der Waals surface area contributed by atoms with Gasteiger partial charge in [0, 0.05) is 37.4 Å². The Bertz CT molecular complexity index is 1190. The van der Waals surface area contributed by atoms with Gasteiger partial charge in [0.1, 0.15) is 17.7 Å². The molecule has 1 aliphatic heterocycles. The van der Waals surface area contributed by atoms with Gasteiger partial charge in [0.25, 0.3) is 0 Å². The molecule has 0 spiro atoms. The maximum Gasteiger partial charge on any atom is 0.206 e. The third kappa shape index (κ3) is 5.13. The van der Waals surface area contributed by atoms with Gasteiger partial charge in [0.15, 0.2) is 5.82 Å². The van der Waals surface area contributed by atoms with E-state index in [0.29, 0.717) is 29.4 Å². The van der Waals surface area contributed by atoms with E-state index >= 15 is 0 Å². The Morgan fingerprint density at radius 3 is 2.76 bits per heavy atom. The van der Waals surface area contributed by atoms with Crippen molar-refractivity contribution in [1.82, 2.24) is 20.2 Å². The predicted octanol–water partition coefficient (Wildman–Crippen LogP) is 2.06. The summed E-state index contributed by atoms with van der Waals surface area (Å²) in [5.41, 5.74) is 8.18. The molecule has 1 saturated heterocycles. The molecule has 33 heavy (non-hydrogen) atoms. The maximum absolute atomic E-state index is 10.2. The monoisotopic (exact) mass is 445 g/mol. The van der Waals surface area contributed by atoms with Crippen LogP contribution in [0, 0.1) is 11.8 Å². The second-order valence-corrected chi connectivity index (χ2v) is 8.02. The minimum Gasteiger partial charge on any atom is -0.507 e. The van der Waals surface area contributed by atoms with E-state index in [2.05, 4.69) is 48.7 Å². The fourth-order valence-electron chi connectivity index (χ4n) is 3.85. The SMILES string of the molecule is C[C@H](O)C#Cc1nccc(N2CCN(c3cc(-c4ccccc4O)nnc3N)CC[C@H]2C)n1. The molecule has 170 valence electrons. The highest BCUT2D eigenvalue weighted by Crippen LogP contribution is 2.32. The van der Waals surface area contributed by atoms with Gasteiger partial charge in [-0.05, 0) is 50.5 Å². The van der Waals surface area contributed by atoms with Gasteiger partial charge >= 0.3 is 0 Å². The van der Waals surface area contributed by atoms with E-state index in [-0.39, 0.29) is 11.8 Å². The molecule has 4 rings (SSSR count). The largest absolute Gasteiger partial charge is 0.507 e. The number of hydrogen-bond acceptors (Lipinski definition) is 9. The molecule has 9 nitrogen and oxygen atoms in total. The maximum atomic E-state index is 10.2. The standard InChI is InChI=1S/C24H27N7O2/c1-16-10-12-30(13-14-31(16)23-9-11-26-22(27-23)8-7-17(2)32)20-15-19(28-29-24(20)25)18-5-3-4-6-21(18)33/h3-6,9,11,15-17,32-33H,10,12-14H2,1-2H3,(H2,25,29)/t16-,17+/m1/s1. The molecular formula is C24H27N7O2. The van der Waals surface area contributed by atoms with Crippen molar-refractivity contribution in [2.75, 3.05) is 35.2 Å². The summed E-state index contributed by atoms with van der Waals surface area (Å²) in [5, 5.41) is 27.9. The molecule has 0 radical (unpaired) electrons. The van der Waals surface area contributed by atoms with Crippen molar-refractivity contribution in [3.8, 4) is 28.8 Å². The first-order valence-corrected chi connectivity index (χ1v) is 10.9. The average Bonchev–Trinajstić information content (AvgIpc) is 3.00. The molecule has 0 bridgehead atoms. The minimum absolute atomic E-state index is 0.149. The van der Waals surface area contributed by atoms with E-state index in [1.165, 1.54) is 0 Å². The Hall–Kier alpha value is -3.90. The summed E-state index contributed by atoms with van der Waals surface area (Å²) >= 11 is 0. The molecule has 0 aliphatic carbocycles. The number of para-hydroxylation sites is 1. The first kappa shape index (κ1) is 22.3. The van der Waals surface area contributed by atoms with Crippen molar-refractivity contribution in [2.24, 2.45) is 0 Å². The van der Waals surface area contributed by atoms with Crippen LogP contribution in [0.4, 0.5) is 17.3 Å². The number of nitrogen functional groups attached to an aromatic ring is 1. The molecule has 3 heterocycles. The molecular weight excluding hydrogens is 418 g/mol. The Labute approximate surface area is 192 Å². The lowest BCUT2D eigenvalue weighted by molar-refractivity contribution is 0.253. The highest BCUT2D eigenvalue weighted by atomic mass is 16.3. The smallest absolute Gasteiger partial charge is 0.206 e. The van der Waals surface area contributed by atoms with Crippen LogP contribution in [-0.2, 0) is 0 Å². The first-order valence-electron chi connectivity index (χ1n) is 10.9. The van der Waals surface area contributed by atoms with Gasteiger partial charge in [0.05, 0.1) is 11.4 Å². The van der Waals surface area contributed by atoms with Gasteiger partial charge in [-0.25, -0.2) is 9.97 Å². The highest BCUT2D eigenvalue weighted by Gasteiger charge is 2.24. The van der Waals surface area contributed by atoms with Crippen LogP contribution in [0.15, 0.2) is 42.6 Å². The number of aromatic hydroxyl groups is 1. The fraction of sp³-hybridized carbons (Fsp3) is 0.333. The van der Waals surface area contributed by atoms with Crippen molar-refractivity contribution < 1.29 is 10.2 Å². The number of nitrogens with zero attached hydrogens (tertiary/aromatic N) is 6. The first-order chi connectivity index (χ1) is 15.9. The van der Waals surface area contributed by atoms with Gasteiger partial charge in [-0.1, -0.05) is 18.1 Å². The lowest BCUT2D eigenvalue weighted by Crippen LogP contribution is -2.35. The van der Waals surface area contributed by atoms with Crippen molar-refractivity contribution in [1.29, 1.82) is 0 Å². The Morgan fingerprint density at radius 2 is 1.97 bits per heavy atom. The summed E-state index contributed by atoms with van der Waals surface area (Å²) in [6.07, 6.45) is 1.84. The molecule has 0 saturated carbocycles. The van der Waals surface area contributed by atoms with E-state index in [1.807, 2.05) is 18.2 Å². The highest BCUT2D eigenvalue weighted by molar-refractivity contribution is 5.74. The quantitative estimate of drug-likeness (QED) is 0.520. The van der Waals surface area contributed by atoms with Crippen molar-refractivity contribution in [3.05, 3.63) is 48.4 Å². The van der Waals surface area contributed by atoms with Gasteiger partial charge in [0.2, 0.25) is 5.82 Å². The van der Waals surface area contributed by atoms with Gasteiger partial charge in [-0.3, -0.25) is 0 Å². The zero-order valence-corrected chi connectivity index (χ0v) is 18.7. The molecule has 2 aromatic heterocycles. The average molecular weight is 446 g/mol. The molecule has 1 fully saturated rings. The number of aliphatic hydroxyl groups is 1. The number of anilines is 3. The second-order valence-electron chi connectivity index (χ2n) is 8.02. The van der Waals surface area contributed by atoms with Crippen LogP contribution >= 0.6 is 0 Å². The number of phenols is 1. The zero-order valence-electron chi connectivity index (χ0n) is 18.7. The van der Waals surface area contributed by atoms with Crippen LogP contribution in [0.2, 0.25) is 0 Å². The third-order valence-electron chi connectivity index (χ3n) is 5.61. The minimum atomic E-state index is -0.731. The Morgan fingerprint density at radius 1 is 1.15 bits per heavy atom. The molecule has 0 amide bonds. The summed E-state index contributed by atoms with van der Waals surface area (Å²) in [6.45, 7) is 5.97. The van der Waals surface area contributed by atoms with Crippen LogP contribution in [0.5, 0.6) is 5.75 Å². The number of hydrogen-bond donors (Lipinski definition) is 3. The number of benzene rings is 1. The van der Waals surface area contributed by atoms with Gasteiger partial charge < -0.3 is 25.7 Å².